The zero-order chi connectivity index (χ0) is 24.4. The average molecular weight is 473 g/mol. The van der Waals surface area contributed by atoms with Crippen molar-refractivity contribution in [2.45, 2.75) is 44.8 Å². The third kappa shape index (κ3) is 4.66. The minimum absolute atomic E-state index is 0.0641. The van der Waals surface area contributed by atoms with E-state index in [9.17, 15) is 9.59 Å². The molecule has 1 saturated heterocycles. The Morgan fingerprint density at radius 3 is 2.11 bits per heavy atom. The number of piperidine rings is 1. The minimum Gasteiger partial charge on any atom is -0.341 e. The van der Waals surface area contributed by atoms with Crippen molar-refractivity contribution in [2.75, 3.05) is 18.0 Å². The molecule has 1 fully saturated rings. The van der Waals surface area contributed by atoms with E-state index in [-0.39, 0.29) is 17.3 Å². The SMILES string of the molecule is Cn1c(=O)c2c(nc(N3CCCC(N)C3)n2CCc2ccccc2)n(CCc2ccccc2)c1=O. The van der Waals surface area contributed by atoms with Crippen molar-refractivity contribution in [3.8, 4) is 0 Å². The number of nitrogens with zero attached hydrogens (tertiary/aromatic N) is 5. The molecule has 1 atom stereocenters. The Bertz CT molecular complexity index is 1420. The summed E-state index contributed by atoms with van der Waals surface area (Å²) < 4.78 is 4.86. The van der Waals surface area contributed by atoms with Gasteiger partial charge in [0.2, 0.25) is 5.95 Å². The predicted molar refractivity (Wildman–Crippen MR) is 139 cm³/mol. The molecule has 8 heteroatoms. The van der Waals surface area contributed by atoms with E-state index in [1.807, 2.05) is 53.1 Å². The number of anilines is 1. The molecule has 1 unspecified atom stereocenters. The van der Waals surface area contributed by atoms with E-state index < -0.39 is 0 Å². The highest BCUT2D eigenvalue weighted by Crippen LogP contribution is 2.24. The van der Waals surface area contributed by atoms with Gasteiger partial charge in [0.15, 0.2) is 11.2 Å². The van der Waals surface area contributed by atoms with E-state index >= 15 is 0 Å². The van der Waals surface area contributed by atoms with Gasteiger partial charge in [-0.15, -0.1) is 0 Å². The molecular weight excluding hydrogens is 440 g/mol. The van der Waals surface area contributed by atoms with Crippen LogP contribution in [0.15, 0.2) is 70.3 Å². The van der Waals surface area contributed by atoms with Gasteiger partial charge in [0, 0.05) is 39.3 Å². The fourth-order valence-electron chi connectivity index (χ4n) is 4.96. The third-order valence-electron chi connectivity index (χ3n) is 6.88. The molecule has 5 rings (SSSR count). The largest absolute Gasteiger partial charge is 0.341 e. The summed E-state index contributed by atoms with van der Waals surface area (Å²) in [6.07, 6.45) is 3.38. The first-order chi connectivity index (χ1) is 17.0. The molecule has 8 nitrogen and oxygen atoms in total. The summed E-state index contributed by atoms with van der Waals surface area (Å²) in [6, 6.07) is 20.3. The second kappa shape index (κ2) is 9.92. The normalized spacial score (nSPS) is 16.2. The van der Waals surface area contributed by atoms with Crippen LogP contribution in [0.5, 0.6) is 0 Å². The number of nitrogens with two attached hydrogens (primary N) is 1. The maximum absolute atomic E-state index is 13.4. The fraction of sp³-hybridized carbons (Fsp3) is 0.370. The molecule has 35 heavy (non-hydrogen) atoms. The number of hydrogen-bond donors (Lipinski definition) is 1. The van der Waals surface area contributed by atoms with Gasteiger partial charge in [-0.05, 0) is 36.8 Å². The molecule has 1 aliphatic heterocycles. The smallest absolute Gasteiger partial charge is 0.332 e. The lowest BCUT2D eigenvalue weighted by atomic mass is 10.1. The van der Waals surface area contributed by atoms with Crippen molar-refractivity contribution in [3.05, 3.63) is 92.6 Å². The van der Waals surface area contributed by atoms with Gasteiger partial charge in [0.1, 0.15) is 0 Å². The highest BCUT2D eigenvalue weighted by molar-refractivity contribution is 5.74. The molecule has 0 saturated carbocycles. The van der Waals surface area contributed by atoms with Gasteiger partial charge < -0.3 is 15.2 Å². The molecule has 4 aromatic rings. The van der Waals surface area contributed by atoms with Crippen LogP contribution in [0.25, 0.3) is 11.2 Å². The van der Waals surface area contributed by atoms with Gasteiger partial charge in [-0.25, -0.2) is 4.79 Å². The van der Waals surface area contributed by atoms with Crippen molar-refractivity contribution in [1.29, 1.82) is 0 Å². The number of aromatic nitrogens is 4. The number of imidazole rings is 1. The first-order valence-electron chi connectivity index (χ1n) is 12.3. The maximum Gasteiger partial charge on any atom is 0.332 e. The quantitative estimate of drug-likeness (QED) is 0.446. The van der Waals surface area contributed by atoms with Crippen molar-refractivity contribution in [2.24, 2.45) is 12.8 Å². The monoisotopic (exact) mass is 472 g/mol. The lowest BCUT2D eigenvalue weighted by molar-refractivity contribution is 0.493. The lowest BCUT2D eigenvalue weighted by Gasteiger charge is -2.31. The molecule has 2 N–H and O–H groups in total. The Hall–Kier alpha value is -3.65. The van der Waals surface area contributed by atoms with Gasteiger partial charge in [-0.1, -0.05) is 60.7 Å². The standard InChI is InChI=1S/C27H32N6O2/c1-30-25(34)23-24(33(27(30)35)18-15-21-11-6-3-7-12-21)29-26(31-16-8-13-22(28)19-31)32(23)17-14-20-9-4-2-5-10-20/h2-7,9-12,22H,8,13-19,28H2,1H3. The highest BCUT2D eigenvalue weighted by atomic mass is 16.2. The number of hydrogen-bond acceptors (Lipinski definition) is 5. The van der Waals surface area contributed by atoms with Gasteiger partial charge in [0.05, 0.1) is 0 Å². The maximum atomic E-state index is 13.4. The average Bonchev–Trinajstić information content (AvgIpc) is 3.27. The minimum atomic E-state index is -0.340. The van der Waals surface area contributed by atoms with Crippen LogP contribution in [0.1, 0.15) is 24.0 Å². The topological polar surface area (TPSA) is 91.1 Å². The number of benzene rings is 2. The van der Waals surface area contributed by atoms with Gasteiger partial charge in [-0.2, -0.15) is 4.98 Å². The zero-order valence-electron chi connectivity index (χ0n) is 20.1. The Morgan fingerprint density at radius 2 is 1.51 bits per heavy atom. The summed E-state index contributed by atoms with van der Waals surface area (Å²) in [5.41, 5.74) is 8.89. The zero-order valence-corrected chi connectivity index (χ0v) is 20.1. The summed E-state index contributed by atoms with van der Waals surface area (Å²) in [7, 11) is 1.55. The molecule has 0 aliphatic carbocycles. The van der Waals surface area contributed by atoms with E-state index in [0.29, 0.717) is 37.2 Å². The molecule has 0 amide bonds. The van der Waals surface area contributed by atoms with Crippen LogP contribution >= 0.6 is 0 Å². The molecular formula is C27H32N6O2. The Balaban J connectivity index is 1.62. The van der Waals surface area contributed by atoms with Crippen molar-refractivity contribution >= 4 is 17.1 Å². The van der Waals surface area contributed by atoms with Crippen LogP contribution in [0, 0.1) is 0 Å². The van der Waals surface area contributed by atoms with E-state index in [0.717, 1.165) is 37.3 Å². The summed E-state index contributed by atoms with van der Waals surface area (Å²) in [6.45, 7) is 2.55. The van der Waals surface area contributed by atoms with Crippen molar-refractivity contribution < 1.29 is 0 Å². The van der Waals surface area contributed by atoms with E-state index in [2.05, 4.69) is 17.0 Å². The number of aryl methyl sites for hydroxylation is 4. The van der Waals surface area contributed by atoms with Gasteiger partial charge in [0.25, 0.3) is 5.56 Å². The van der Waals surface area contributed by atoms with Crippen molar-refractivity contribution in [1.82, 2.24) is 18.7 Å². The van der Waals surface area contributed by atoms with Crippen LogP contribution in [0.2, 0.25) is 0 Å². The van der Waals surface area contributed by atoms with E-state index in [4.69, 9.17) is 10.7 Å². The van der Waals surface area contributed by atoms with Gasteiger partial charge >= 0.3 is 5.69 Å². The second-order valence-corrected chi connectivity index (χ2v) is 9.35. The van der Waals surface area contributed by atoms with Crippen LogP contribution in [-0.4, -0.2) is 37.8 Å². The van der Waals surface area contributed by atoms with E-state index in [1.54, 1.807) is 11.6 Å². The second-order valence-electron chi connectivity index (χ2n) is 9.35. The first kappa shape index (κ1) is 23.1. The molecule has 3 heterocycles. The number of rotatable bonds is 7. The Labute approximate surface area is 204 Å². The van der Waals surface area contributed by atoms with Crippen LogP contribution < -0.4 is 21.9 Å². The number of fused-ring (bicyclic) bond motifs is 1. The molecule has 0 bridgehead atoms. The van der Waals surface area contributed by atoms with Crippen LogP contribution in [0.4, 0.5) is 5.95 Å². The highest BCUT2D eigenvalue weighted by Gasteiger charge is 2.26. The third-order valence-corrected chi connectivity index (χ3v) is 6.88. The molecule has 1 aliphatic rings. The van der Waals surface area contributed by atoms with Crippen LogP contribution in [-0.2, 0) is 33.0 Å². The Morgan fingerprint density at radius 1 is 0.914 bits per heavy atom. The fourth-order valence-corrected chi connectivity index (χ4v) is 4.96. The predicted octanol–water partition coefficient (Wildman–Crippen LogP) is 2.31. The first-order valence-corrected chi connectivity index (χ1v) is 12.3. The summed E-state index contributed by atoms with van der Waals surface area (Å²) in [5.74, 6) is 0.724. The van der Waals surface area contributed by atoms with Crippen molar-refractivity contribution in [3.63, 3.8) is 0 Å². The van der Waals surface area contributed by atoms with Crippen LogP contribution in [0.3, 0.4) is 0 Å². The Kier molecular flexibility index (Phi) is 6.55. The molecule has 182 valence electrons. The summed E-state index contributed by atoms with van der Waals surface area (Å²) in [4.78, 5) is 33.7. The van der Waals surface area contributed by atoms with E-state index in [1.165, 1.54) is 10.1 Å². The molecule has 2 aromatic carbocycles. The summed E-state index contributed by atoms with van der Waals surface area (Å²) in [5, 5.41) is 0. The molecule has 0 radical (unpaired) electrons. The van der Waals surface area contributed by atoms with Gasteiger partial charge in [-0.3, -0.25) is 13.9 Å². The molecule has 0 spiro atoms. The lowest BCUT2D eigenvalue weighted by Crippen LogP contribution is -2.44. The summed E-state index contributed by atoms with van der Waals surface area (Å²) >= 11 is 0. The molecule has 2 aromatic heterocycles.